The first-order valence-electron chi connectivity index (χ1n) is 5.65. The molecule has 2 unspecified atom stereocenters. The lowest BCUT2D eigenvalue weighted by atomic mass is 9.76. The van der Waals surface area contributed by atoms with Gasteiger partial charge in [-0.15, -0.1) is 0 Å². The molecule has 4 nitrogen and oxygen atoms in total. The molecule has 0 aliphatic carbocycles. The minimum Gasteiger partial charge on any atom is -0.386 e. The summed E-state index contributed by atoms with van der Waals surface area (Å²) in [7, 11) is 0. The molecule has 0 radical (unpaired) electrons. The molecular weight excluding hydrogens is 204 g/mol. The van der Waals surface area contributed by atoms with E-state index in [0.29, 0.717) is 18.8 Å². The lowest BCUT2D eigenvalue weighted by Gasteiger charge is -2.39. The topological polar surface area (TPSA) is 68.4 Å². The standard InChI is InChI=1S/C12H18N2O2/c13-8-12(5-3-7-16-9-12)11(15)10-4-1-2-6-14-10/h1-2,4,6,11,15H,3,5,7-9,13H2. The van der Waals surface area contributed by atoms with Gasteiger partial charge in [-0.1, -0.05) is 6.07 Å². The molecule has 2 atom stereocenters. The minimum absolute atomic E-state index is 0.368. The number of pyridine rings is 1. The van der Waals surface area contributed by atoms with E-state index in [4.69, 9.17) is 10.5 Å². The van der Waals surface area contributed by atoms with Crippen molar-refractivity contribution in [3.05, 3.63) is 30.1 Å². The van der Waals surface area contributed by atoms with Gasteiger partial charge < -0.3 is 15.6 Å². The molecule has 0 aromatic carbocycles. The van der Waals surface area contributed by atoms with E-state index in [1.165, 1.54) is 0 Å². The average Bonchev–Trinajstić information content (AvgIpc) is 2.39. The first-order chi connectivity index (χ1) is 7.78. The number of ether oxygens (including phenoxy) is 1. The molecule has 2 rings (SSSR count). The van der Waals surface area contributed by atoms with Gasteiger partial charge in [-0.2, -0.15) is 0 Å². The van der Waals surface area contributed by atoms with Gasteiger partial charge in [0, 0.05) is 24.8 Å². The second-order valence-electron chi connectivity index (χ2n) is 4.38. The second-order valence-corrected chi connectivity index (χ2v) is 4.38. The summed E-state index contributed by atoms with van der Waals surface area (Å²) in [6.45, 7) is 1.70. The van der Waals surface area contributed by atoms with Gasteiger partial charge in [-0.05, 0) is 25.0 Å². The van der Waals surface area contributed by atoms with Gasteiger partial charge in [0.15, 0.2) is 0 Å². The third kappa shape index (κ3) is 2.09. The smallest absolute Gasteiger partial charge is 0.105 e. The van der Waals surface area contributed by atoms with Crippen LogP contribution in [0.15, 0.2) is 24.4 Å². The number of hydrogen-bond acceptors (Lipinski definition) is 4. The van der Waals surface area contributed by atoms with Crippen LogP contribution in [-0.4, -0.2) is 29.8 Å². The summed E-state index contributed by atoms with van der Waals surface area (Å²) in [5, 5.41) is 10.4. The van der Waals surface area contributed by atoms with E-state index in [-0.39, 0.29) is 5.41 Å². The van der Waals surface area contributed by atoms with Crippen LogP contribution in [-0.2, 0) is 4.74 Å². The van der Waals surface area contributed by atoms with Crippen molar-refractivity contribution in [3.63, 3.8) is 0 Å². The zero-order valence-electron chi connectivity index (χ0n) is 9.30. The average molecular weight is 222 g/mol. The Kier molecular flexibility index (Phi) is 3.53. The maximum absolute atomic E-state index is 10.4. The van der Waals surface area contributed by atoms with Crippen LogP contribution in [0.4, 0.5) is 0 Å². The second kappa shape index (κ2) is 4.91. The first kappa shape index (κ1) is 11.5. The van der Waals surface area contributed by atoms with Crippen molar-refractivity contribution in [2.24, 2.45) is 11.1 Å². The maximum atomic E-state index is 10.4. The number of aliphatic hydroxyl groups excluding tert-OH is 1. The summed E-state index contributed by atoms with van der Waals surface area (Å²) in [4.78, 5) is 4.19. The van der Waals surface area contributed by atoms with Crippen molar-refractivity contribution in [3.8, 4) is 0 Å². The number of hydrogen-bond donors (Lipinski definition) is 2. The van der Waals surface area contributed by atoms with Crippen molar-refractivity contribution >= 4 is 0 Å². The molecule has 0 bridgehead atoms. The van der Waals surface area contributed by atoms with Crippen LogP contribution in [0, 0.1) is 5.41 Å². The number of aromatic nitrogens is 1. The summed E-state index contributed by atoms with van der Waals surface area (Å²) in [5.74, 6) is 0. The third-order valence-corrected chi connectivity index (χ3v) is 3.31. The summed E-state index contributed by atoms with van der Waals surface area (Å²) in [6, 6.07) is 5.54. The zero-order chi connectivity index (χ0) is 11.4. The van der Waals surface area contributed by atoms with Crippen molar-refractivity contribution in [1.82, 2.24) is 4.98 Å². The highest BCUT2D eigenvalue weighted by molar-refractivity contribution is 5.11. The van der Waals surface area contributed by atoms with E-state index >= 15 is 0 Å². The van der Waals surface area contributed by atoms with Gasteiger partial charge in [0.25, 0.3) is 0 Å². The zero-order valence-corrected chi connectivity index (χ0v) is 9.30. The molecule has 4 heteroatoms. The molecule has 1 saturated heterocycles. The molecule has 0 saturated carbocycles. The van der Waals surface area contributed by atoms with Gasteiger partial charge in [0.1, 0.15) is 6.10 Å². The molecule has 0 spiro atoms. The van der Waals surface area contributed by atoms with Crippen LogP contribution in [0.25, 0.3) is 0 Å². The van der Waals surface area contributed by atoms with Crippen LogP contribution >= 0.6 is 0 Å². The molecule has 88 valence electrons. The summed E-state index contributed by atoms with van der Waals surface area (Å²) in [5.41, 5.74) is 6.12. The van der Waals surface area contributed by atoms with Gasteiger partial charge in [-0.25, -0.2) is 0 Å². The van der Waals surface area contributed by atoms with Gasteiger partial charge >= 0.3 is 0 Å². The van der Waals surface area contributed by atoms with Crippen LogP contribution in [0.1, 0.15) is 24.6 Å². The number of nitrogens with zero attached hydrogens (tertiary/aromatic N) is 1. The monoisotopic (exact) mass is 222 g/mol. The van der Waals surface area contributed by atoms with Gasteiger partial charge in [0.2, 0.25) is 0 Å². The van der Waals surface area contributed by atoms with Crippen molar-refractivity contribution in [1.29, 1.82) is 0 Å². The highest BCUT2D eigenvalue weighted by Crippen LogP contribution is 2.39. The van der Waals surface area contributed by atoms with E-state index in [0.717, 1.165) is 19.4 Å². The first-order valence-corrected chi connectivity index (χ1v) is 5.65. The molecule has 1 aromatic rings. The Morgan fingerprint density at radius 3 is 3.00 bits per heavy atom. The summed E-state index contributed by atoms with van der Waals surface area (Å²) in [6.07, 6.45) is 2.88. The van der Waals surface area contributed by atoms with Crippen molar-refractivity contribution in [2.45, 2.75) is 18.9 Å². The number of rotatable bonds is 3. The van der Waals surface area contributed by atoms with Crippen LogP contribution < -0.4 is 5.73 Å². The number of aliphatic hydroxyl groups is 1. The Hall–Kier alpha value is -0.970. The molecular formula is C12H18N2O2. The minimum atomic E-state index is -0.640. The van der Waals surface area contributed by atoms with E-state index in [1.807, 2.05) is 18.2 Å². The molecule has 1 fully saturated rings. The maximum Gasteiger partial charge on any atom is 0.105 e. The van der Waals surface area contributed by atoms with E-state index in [9.17, 15) is 5.11 Å². The molecule has 1 aromatic heterocycles. The van der Waals surface area contributed by atoms with E-state index < -0.39 is 6.10 Å². The van der Waals surface area contributed by atoms with Crippen LogP contribution in [0.3, 0.4) is 0 Å². The Morgan fingerprint density at radius 1 is 1.56 bits per heavy atom. The van der Waals surface area contributed by atoms with Gasteiger partial charge in [0.05, 0.1) is 12.3 Å². The fourth-order valence-electron chi connectivity index (χ4n) is 2.21. The van der Waals surface area contributed by atoms with Gasteiger partial charge in [-0.3, -0.25) is 4.98 Å². The van der Waals surface area contributed by atoms with E-state index in [1.54, 1.807) is 6.20 Å². The SMILES string of the molecule is NCC1(C(O)c2ccccn2)CCCOC1. The summed E-state index contributed by atoms with van der Waals surface area (Å²) >= 11 is 0. The van der Waals surface area contributed by atoms with E-state index in [2.05, 4.69) is 4.98 Å². The Balaban J connectivity index is 2.20. The Bertz CT molecular complexity index is 323. The lowest BCUT2D eigenvalue weighted by molar-refractivity contribution is -0.0796. The lowest BCUT2D eigenvalue weighted by Crippen LogP contribution is -2.43. The molecule has 3 N–H and O–H groups in total. The fraction of sp³-hybridized carbons (Fsp3) is 0.583. The normalized spacial score (nSPS) is 27.6. The molecule has 0 amide bonds. The largest absolute Gasteiger partial charge is 0.386 e. The fourth-order valence-corrected chi connectivity index (χ4v) is 2.21. The van der Waals surface area contributed by atoms with Crippen LogP contribution in [0.5, 0.6) is 0 Å². The van der Waals surface area contributed by atoms with Crippen molar-refractivity contribution < 1.29 is 9.84 Å². The van der Waals surface area contributed by atoms with Crippen molar-refractivity contribution in [2.75, 3.05) is 19.8 Å². The highest BCUT2D eigenvalue weighted by Gasteiger charge is 2.40. The predicted octanol–water partition coefficient (Wildman–Crippen LogP) is 0.870. The molecule has 1 aliphatic rings. The molecule has 16 heavy (non-hydrogen) atoms. The Morgan fingerprint density at radius 2 is 2.44 bits per heavy atom. The predicted molar refractivity (Wildman–Crippen MR) is 60.7 cm³/mol. The molecule has 1 aliphatic heterocycles. The molecule has 2 heterocycles. The third-order valence-electron chi connectivity index (χ3n) is 3.31. The Labute approximate surface area is 95.4 Å². The highest BCUT2D eigenvalue weighted by atomic mass is 16.5. The summed E-state index contributed by atoms with van der Waals surface area (Å²) < 4.78 is 5.45. The van der Waals surface area contributed by atoms with Crippen LogP contribution in [0.2, 0.25) is 0 Å². The number of nitrogens with two attached hydrogens (primary N) is 1. The quantitative estimate of drug-likeness (QED) is 0.796.